The lowest BCUT2D eigenvalue weighted by Gasteiger charge is -2.31. The van der Waals surface area contributed by atoms with E-state index in [4.69, 9.17) is 0 Å². The summed E-state index contributed by atoms with van der Waals surface area (Å²) in [6.45, 7) is 9.84. The molecule has 24 heavy (non-hydrogen) atoms. The molecule has 6 nitrogen and oxygen atoms in total. The first-order chi connectivity index (χ1) is 11.3. The van der Waals surface area contributed by atoms with E-state index in [2.05, 4.69) is 10.6 Å². The van der Waals surface area contributed by atoms with Crippen LogP contribution < -0.4 is 10.6 Å². The van der Waals surface area contributed by atoms with Gasteiger partial charge in [-0.2, -0.15) is 4.31 Å². The summed E-state index contributed by atoms with van der Waals surface area (Å²) in [6, 6.07) is 5.05. The third kappa shape index (κ3) is 3.79. The van der Waals surface area contributed by atoms with Crippen LogP contribution in [-0.2, 0) is 14.8 Å². The van der Waals surface area contributed by atoms with Crippen LogP contribution in [0.5, 0.6) is 0 Å². The summed E-state index contributed by atoms with van der Waals surface area (Å²) in [5.74, 6) is 0.168. The quantitative estimate of drug-likeness (QED) is 0.784. The predicted octanol–water partition coefficient (Wildman–Crippen LogP) is 1.82. The van der Waals surface area contributed by atoms with E-state index in [9.17, 15) is 13.2 Å². The van der Waals surface area contributed by atoms with E-state index in [0.29, 0.717) is 30.3 Å². The Hall–Kier alpha value is -1.44. The highest BCUT2D eigenvalue weighted by Crippen LogP contribution is 2.25. The van der Waals surface area contributed by atoms with Gasteiger partial charge in [-0.15, -0.1) is 0 Å². The lowest BCUT2D eigenvalue weighted by atomic mass is 9.88. The Kier molecular flexibility index (Phi) is 6.01. The van der Waals surface area contributed by atoms with Gasteiger partial charge in [-0.25, -0.2) is 8.42 Å². The summed E-state index contributed by atoms with van der Waals surface area (Å²) in [7, 11) is -3.55. The zero-order chi connectivity index (χ0) is 17.9. The van der Waals surface area contributed by atoms with E-state index >= 15 is 0 Å². The number of hydrogen-bond donors (Lipinski definition) is 2. The van der Waals surface area contributed by atoms with Gasteiger partial charge in [0.25, 0.3) is 0 Å². The van der Waals surface area contributed by atoms with Gasteiger partial charge >= 0.3 is 0 Å². The Morgan fingerprint density at radius 3 is 2.46 bits per heavy atom. The summed E-state index contributed by atoms with van der Waals surface area (Å²) in [6.07, 6.45) is 0. The molecule has 1 fully saturated rings. The van der Waals surface area contributed by atoms with Crippen LogP contribution in [0.15, 0.2) is 23.1 Å². The first-order valence-electron chi connectivity index (χ1n) is 8.43. The van der Waals surface area contributed by atoms with E-state index in [1.54, 1.807) is 25.1 Å². The average Bonchev–Trinajstić information content (AvgIpc) is 2.48. The molecule has 0 spiro atoms. The summed E-state index contributed by atoms with van der Waals surface area (Å²) >= 11 is 0. The molecule has 0 bridgehead atoms. The summed E-state index contributed by atoms with van der Waals surface area (Å²) in [5, 5.41) is 6.01. The average molecular weight is 353 g/mol. The van der Waals surface area contributed by atoms with Crippen molar-refractivity contribution in [1.82, 2.24) is 9.62 Å². The molecule has 0 radical (unpaired) electrons. The normalized spacial score (nSPS) is 16.7. The number of carbonyl (C=O) groups excluding carboxylic acids is 1. The summed E-state index contributed by atoms with van der Waals surface area (Å²) in [4.78, 5) is 12.6. The van der Waals surface area contributed by atoms with Crippen molar-refractivity contribution in [3.8, 4) is 0 Å². The highest BCUT2D eigenvalue weighted by Gasteiger charge is 2.29. The number of rotatable bonds is 7. The monoisotopic (exact) mass is 353 g/mol. The van der Waals surface area contributed by atoms with E-state index in [-0.39, 0.29) is 16.7 Å². The van der Waals surface area contributed by atoms with Gasteiger partial charge in [-0.3, -0.25) is 4.79 Å². The topological polar surface area (TPSA) is 78.5 Å². The highest BCUT2D eigenvalue weighted by atomic mass is 32.2. The van der Waals surface area contributed by atoms with Crippen LogP contribution >= 0.6 is 0 Å². The van der Waals surface area contributed by atoms with Gasteiger partial charge < -0.3 is 10.6 Å². The van der Waals surface area contributed by atoms with Crippen molar-refractivity contribution in [2.75, 3.05) is 31.5 Å². The van der Waals surface area contributed by atoms with Crippen LogP contribution in [0.2, 0.25) is 0 Å². The lowest BCUT2D eigenvalue weighted by Crippen LogP contribution is -2.48. The number of sulfonamides is 1. The molecule has 1 aromatic rings. The number of nitrogens with zero attached hydrogens (tertiary/aromatic N) is 1. The fraction of sp³-hybridized carbons (Fsp3) is 0.588. The molecule has 2 rings (SSSR count). The van der Waals surface area contributed by atoms with Gasteiger partial charge in [0.05, 0.1) is 4.90 Å². The maximum atomic E-state index is 12.8. The number of amides is 1. The fourth-order valence-corrected chi connectivity index (χ4v) is 4.50. The maximum absolute atomic E-state index is 12.8. The predicted molar refractivity (Wildman–Crippen MR) is 95.4 cm³/mol. The second-order valence-electron chi connectivity index (χ2n) is 6.27. The minimum Gasteiger partial charge on any atom is -0.326 e. The van der Waals surface area contributed by atoms with E-state index in [0.717, 1.165) is 13.1 Å². The molecule has 1 aliphatic heterocycles. The summed E-state index contributed by atoms with van der Waals surface area (Å²) < 4.78 is 26.9. The molecule has 1 atom stereocenters. The molecule has 1 saturated heterocycles. The van der Waals surface area contributed by atoms with Crippen molar-refractivity contribution >= 4 is 21.6 Å². The van der Waals surface area contributed by atoms with Crippen LogP contribution in [0.3, 0.4) is 0 Å². The Morgan fingerprint density at radius 2 is 1.96 bits per heavy atom. The van der Waals surface area contributed by atoms with Gasteiger partial charge in [0.1, 0.15) is 0 Å². The van der Waals surface area contributed by atoms with Gasteiger partial charge in [-0.05, 0) is 43.6 Å². The molecule has 0 saturated carbocycles. The zero-order valence-electron chi connectivity index (χ0n) is 14.8. The van der Waals surface area contributed by atoms with Crippen molar-refractivity contribution < 1.29 is 13.2 Å². The van der Waals surface area contributed by atoms with E-state index in [1.165, 1.54) is 4.31 Å². The molecule has 1 heterocycles. The molecular weight excluding hydrogens is 326 g/mol. The molecule has 7 heteroatoms. The van der Waals surface area contributed by atoms with Gasteiger partial charge in [0.2, 0.25) is 15.9 Å². The molecule has 1 amide bonds. The third-order valence-corrected chi connectivity index (χ3v) is 6.90. The first-order valence-corrected chi connectivity index (χ1v) is 9.87. The maximum Gasteiger partial charge on any atom is 0.243 e. The number of nitrogens with one attached hydrogen (secondary N) is 2. The Morgan fingerprint density at radius 1 is 1.33 bits per heavy atom. The molecule has 1 aliphatic rings. The van der Waals surface area contributed by atoms with Crippen LogP contribution in [0.1, 0.15) is 26.3 Å². The van der Waals surface area contributed by atoms with Gasteiger partial charge in [0, 0.05) is 24.7 Å². The van der Waals surface area contributed by atoms with Crippen molar-refractivity contribution in [1.29, 1.82) is 0 Å². The van der Waals surface area contributed by atoms with E-state index in [1.807, 2.05) is 20.8 Å². The second kappa shape index (κ2) is 7.63. The number of carbonyl (C=O) groups is 1. The molecule has 1 unspecified atom stereocenters. The fourth-order valence-electron chi connectivity index (χ4n) is 2.79. The lowest BCUT2D eigenvalue weighted by molar-refractivity contribution is -0.121. The van der Waals surface area contributed by atoms with Crippen LogP contribution in [-0.4, -0.2) is 44.8 Å². The standard InChI is InChI=1S/C17H27N3O3S/c1-5-20(6-2)24(22,23)16-9-15(8-7-12(16)3)19-17(21)13(4)14-10-18-11-14/h7-9,13-14,18H,5-6,10-11H2,1-4H3,(H,19,21). The van der Waals surface area contributed by atoms with Gasteiger partial charge in [0.15, 0.2) is 0 Å². The number of aryl methyl sites for hydroxylation is 1. The minimum absolute atomic E-state index is 0.0726. The highest BCUT2D eigenvalue weighted by molar-refractivity contribution is 7.89. The van der Waals surface area contributed by atoms with Crippen molar-refractivity contribution in [3.63, 3.8) is 0 Å². The number of anilines is 1. The number of hydrogen-bond acceptors (Lipinski definition) is 4. The van der Waals surface area contributed by atoms with Crippen molar-refractivity contribution in [3.05, 3.63) is 23.8 Å². The van der Waals surface area contributed by atoms with Gasteiger partial charge in [-0.1, -0.05) is 26.8 Å². The molecule has 134 valence electrons. The number of benzene rings is 1. The molecule has 0 aliphatic carbocycles. The smallest absolute Gasteiger partial charge is 0.243 e. The molecule has 1 aromatic carbocycles. The first kappa shape index (κ1) is 18.9. The van der Waals surface area contributed by atoms with Crippen molar-refractivity contribution in [2.24, 2.45) is 11.8 Å². The largest absolute Gasteiger partial charge is 0.326 e. The van der Waals surface area contributed by atoms with Crippen molar-refractivity contribution in [2.45, 2.75) is 32.6 Å². The van der Waals surface area contributed by atoms with Crippen LogP contribution in [0.25, 0.3) is 0 Å². The SMILES string of the molecule is CCN(CC)S(=O)(=O)c1cc(NC(=O)C(C)C2CNC2)ccc1C. The van der Waals surface area contributed by atoms with Crippen LogP contribution in [0, 0.1) is 18.8 Å². The zero-order valence-corrected chi connectivity index (χ0v) is 15.6. The van der Waals surface area contributed by atoms with E-state index < -0.39 is 10.0 Å². The third-order valence-electron chi connectivity index (χ3n) is 4.71. The molecule has 2 N–H and O–H groups in total. The Balaban J connectivity index is 2.23. The Bertz CT molecular complexity index is 695. The minimum atomic E-state index is -3.55. The van der Waals surface area contributed by atoms with Crippen LogP contribution in [0.4, 0.5) is 5.69 Å². The summed E-state index contributed by atoms with van der Waals surface area (Å²) in [5.41, 5.74) is 1.20. The second-order valence-corrected chi connectivity index (χ2v) is 8.17. The molecule has 0 aromatic heterocycles. The molecular formula is C17H27N3O3S. The Labute approximate surface area is 144 Å².